The predicted molar refractivity (Wildman–Crippen MR) is 233 cm³/mol. The largest absolute Gasteiger partial charge is 0.508 e. The summed E-state index contributed by atoms with van der Waals surface area (Å²) in [7, 11) is 0. The molecule has 0 fully saturated rings. The fraction of sp³-hybridized carbons (Fsp3) is 0.217. The quantitative estimate of drug-likeness (QED) is 0.0217. The number of anilines is 2. The fourth-order valence-corrected chi connectivity index (χ4v) is 7.42. The molecule has 0 radical (unpaired) electrons. The molecule has 2 aromatic heterocycles. The van der Waals surface area contributed by atoms with Gasteiger partial charge in [-0.1, -0.05) is 74.2 Å². The molecule has 0 aliphatic heterocycles. The Morgan fingerprint density at radius 2 is 0.875 bits per heavy atom. The molecule has 0 aliphatic rings. The number of aliphatic hydroxyl groups is 2. The Balaban J connectivity index is 0.841. The number of rotatable bonds is 23. The average Bonchev–Trinajstić information content (AvgIpc) is 3.99. The van der Waals surface area contributed by atoms with E-state index < -0.39 is 0 Å². The molecular formula is C46H50N4O4S2. The van der Waals surface area contributed by atoms with Gasteiger partial charge in [0.05, 0.1) is 25.3 Å². The number of benzene rings is 4. The topological polar surface area (TPSA) is 107 Å². The molecule has 290 valence electrons. The Hall–Kier alpha value is -5.52. The van der Waals surface area contributed by atoms with Gasteiger partial charge in [0.25, 0.3) is 0 Å². The van der Waals surface area contributed by atoms with Crippen LogP contribution in [0.25, 0.3) is 11.5 Å². The van der Waals surface area contributed by atoms with Gasteiger partial charge in [0.15, 0.2) is 0 Å². The van der Waals surface area contributed by atoms with Crippen molar-refractivity contribution in [2.24, 2.45) is 0 Å². The lowest BCUT2D eigenvalue weighted by molar-refractivity contribution is 0.297. The molecule has 2 atom stereocenters. The van der Waals surface area contributed by atoms with Crippen molar-refractivity contribution in [1.29, 1.82) is 0 Å². The van der Waals surface area contributed by atoms with E-state index >= 15 is 0 Å². The van der Waals surface area contributed by atoms with E-state index in [1.807, 2.05) is 156 Å². The zero-order chi connectivity index (χ0) is 38.6. The van der Waals surface area contributed by atoms with E-state index in [1.54, 1.807) is 22.7 Å². The molecule has 0 bridgehead atoms. The highest BCUT2D eigenvalue weighted by Crippen LogP contribution is 2.27. The summed E-state index contributed by atoms with van der Waals surface area (Å²) in [6.07, 6.45) is 10.2. The molecule has 10 heteroatoms. The smallest absolute Gasteiger partial charge is 0.120 e. The molecule has 0 saturated heterocycles. The highest BCUT2D eigenvalue weighted by atomic mass is 32.1. The normalized spacial score (nSPS) is 12.9. The molecule has 0 spiro atoms. The molecule has 0 aliphatic carbocycles. The van der Waals surface area contributed by atoms with Crippen LogP contribution in [0.4, 0.5) is 11.4 Å². The second-order valence-corrected chi connectivity index (χ2v) is 15.2. The first-order chi connectivity index (χ1) is 27.6. The lowest BCUT2D eigenvalue weighted by atomic mass is 10.1. The maximum atomic E-state index is 10.9. The van der Waals surface area contributed by atoms with Gasteiger partial charge in [0.1, 0.15) is 23.0 Å². The van der Waals surface area contributed by atoms with E-state index in [0.717, 1.165) is 82.3 Å². The van der Waals surface area contributed by atoms with Crippen LogP contribution < -0.4 is 31.2 Å². The van der Waals surface area contributed by atoms with Gasteiger partial charge in [-0.2, -0.15) is 0 Å². The third kappa shape index (κ3) is 13.1. The molecule has 56 heavy (non-hydrogen) atoms. The first kappa shape index (κ1) is 40.2. The number of aliphatic hydroxyl groups excluding tert-OH is 2. The van der Waals surface area contributed by atoms with Crippen molar-refractivity contribution in [3.63, 3.8) is 0 Å². The van der Waals surface area contributed by atoms with Crippen molar-refractivity contribution < 1.29 is 19.7 Å². The van der Waals surface area contributed by atoms with Crippen molar-refractivity contribution in [1.82, 2.24) is 10.9 Å². The molecule has 6 aromatic rings. The number of nitrogens with one attached hydrogen (secondary N) is 4. The molecule has 8 nitrogen and oxygen atoms in total. The number of hydrogen-bond acceptors (Lipinski definition) is 10. The first-order valence-corrected chi connectivity index (χ1v) is 20.8. The van der Waals surface area contributed by atoms with Crippen LogP contribution in [0, 0.1) is 0 Å². The average molecular weight is 787 g/mol. The van der Waals surface area contributed by atoms with Gasteiger partial charge < -0.3 is 30.5 Å². The van der Waals surface area contributed by atoms with Gasteiger partial charge in [-0.25, -0.2) is 10.9 Å². The van der Waals surface area contributed by atoms with E-state index in [1.165, 1.54) is 0 Å². The molecule has 0 saturated carbocycles. The zero-order valence-electron chi connectivity index (χ0n) is 31.4. The van der Waals surface area contributed by atoms with Crippen LogP contribution in [0.1, 0.15) is 71.5 Å². The molecule has 6 rings (SSSR count). The van der Waals surface area contributed by atoms with Gasteiger partial charge in [-0.15, -0.1) is 22.7 Å². The zero-order valence-corrected chi connectivity index (χ0v) is 33.0. The molecule has 6 N–H and O–H groups in total. The second-order valence-electron chi connectivity index (χ2n) is 13.2. The number of unbranched alkanes of at least 4 members (excludes halogenated alkanes) is 5. The maximum Gasteiger partial charge on any atom is 0.120 e. The van der Waals surface area contributed by atoms with Crippen LogP contribution in [0.3, 0.4) is 0 Å². The second kappa shape index (κ2) is 22.1. The number of para-hydroxylation sites is 2. The summed E-state index contributed by atoms with van der Waals surface area (Å²) < 4.78 is 12.0. The van der Waals surface area contributed by atoms with E-state index in [9.17, 15) is 10.2 Å². The Kier molecular flexibility index (Phi) is 15.9. The van der Waals surface area contributed by atoms with Crippen LogP contribution in [0.5, 0.6) is 11.5 Å². The molecule has 2 heterocycles. The third-order valence-electron chi connectivity index (χ3n) is 9.02. The van der Waals surface area contributed by atoms with Crippen molar-refractivity contribution in [2.45, 2.75) is 50.6 Å². The molecule has 4 aromatic carbocycles. The number of ether oxygens (including phenoxy) is 2. The van der Waals surface area contributed by atoms with E-state index in [2.05, 4.69) is 21.7 Å². The van der Waals surface area contributed by atoms with E-state index in [-0.39, 0.29) is 23.6 Å². The minimum atomic E-state index is -0.205. The fourth-order valence-electron chi connectivity index (χ4n) is 5.93. The van der Waals surface area contributed by atoms with Crippen molar-refractivity contribution in [3.05, 3.63) is 177 Å². The van der Waals surface area contributed by atoms with Gasteiger partial charge in [-0.3, -0.25) is 0 Å². The predicted octanol–water partition coefficient (Wildman–Crippen LogP) is 12.1. The third-order valence-corrected chi connectivity index (χ3v) is 10.9. The Morgan fingerprint density at radius 3 is 1.25 bits per heavy atom. The van der Waals surface area contributed by atoms with Gasteiger partial charge in [0, 0.05) is 32.3 Å². The van der Waals surface area contributed by atoms with Crippen LogP contribution in [0.15, 0.2) is 156 Å². The highest BCUT2D eigenvalue weighted by molar-refractivity contribution is 7.10. The van der Waals surface area contributed by atoms with Crippen molar-refractivity contribution in [3.8, 4) is 11.5 Å². The lowest BCUT2D eigenvalue weighted by Crippen LogP contribution is -2.25. The highest BCUT2D eigenvalue weighted by Gasteiger charge is 2.14. The summed E-state index contributed by atoms with van der Waals surface area (Å²) in [5.41, 5.74) is 16.5. The summed E-state index contributed by atoms with van der Waals surface area (Å²) in [6.45, 7) is 1.33. The molecular weight excluding hydrogens is 737 g/mol. The minimum absolute atomic E-state index is 0.203. The van der Waals surface area contributed by atoms with Gasteiger partial charge in [0.2, 0.25) is 0 Å². The SMILES string of the molecule is O/C(=C\C(NNc1ccccc1)c1cccs1)c1ccc(OCCCCCCCCOc2ccc(/C(O)=C/C(NNc3ccccc3)c3cccs3)cc2)cc1. The number of thiophene rings is 2. The monoisotopic (exact) mass is 786 g/mol. The first-order valence-electron chi connectivity index (χ1n) is 19.1. The number of hydrogen-bond donors (Lipinski definition) is 6. The van der Waals surface area contributed by atoms with Gasteiger partial charge >= 0.3 is 0 Å². The van der Waals surface area contributed by atoms with Crippen LogP contribution in [-0.2, 0) is 0 Å². The summed E-state index contributed by atoms with van der Waals surface area (Å²) >= 11 is 3.26. The Labute approximate surface area is 338 Å². The lowest BCUT2D eigenvalue weighted by Gasteiger charge is -2.16. The Morgan fingerprint density at radius 1 is 0.482 bits per heavy atom. The van der Waals surface area contributed by atoms with E-state index in [4.69, 9.17) is 9.47 Å². The van der Waals surface area contributed by atoms with Crippen molar-refractivity contribution >= 4 is 45.6 Å². The Bertz CT molecular complexity index is 1870. The minimum Gasteiger partial charge on any atom is -0.508 e. The van der Waals surface area contributed by atoms with Crippen molar-refractivity contribution in [2.75, 3.05) is 24.1 Å². The maximum absolute atomic E-state index is 10.9. The van der Waals surface area contributed by atoms with Gasteiger partial charge in [-0.05, 0) is 121 Å². The standard InChI is InChI=1S/C46H50N4O4S2/c51-43(33-41(45-19-13-31-55-45)49-47-37-15-7-5-8-16-37)35-21-25-39(26-22-35)53-29-11-3-1-2-4-12-30-54-40-27-23-36(24-28-40)44(52)34-42(46-20-14-32-56-46)50-48-38-17-9-6-10-18-38/h5-10,13-28,31-34,41-42,47-52H,1-4,11-12,29-30H2/b43-33-,44-34-. The van der Waals surface area contributed by atoms with Crippen LogP contribution >= 0.6 is 22.7 Å². The van der Waals surface area contributed by atoms with E-state index in [0.29, 0.717) is 13.2 Å². The number of hydrazine groups is 2. The molecule has 0 amide bonds. The summed E-state index contributed by atoms with van der Waals surface area (Å²) in [5.74, 6) is 2.00. The summed E-state index contributed by atoms with van der Waals surface area (Å²) in [6, 6.07) is 42.7. The summed E-state index contributed by atoms with van der Waals surface area (Å²) in [4.78, 5) is 2.18. The summed E-state index contributed by atoms with van der Waals surface area (Å²) in [5, 5.41) is 25.9. The molecule has 2 unspecified atom stereocenters. The van der Waals surface area contributed by atoms with Crippen LogP contribution in [-0.4, -0.2) is 23.4 Å². The van der Waals surface area contributed by atoms with Crippen LogP contribution in [0.2, 0.25) is 0 Å².